The largest absolute Gasteiger partial charge is 0.393 e. The molecule has 15 heavy (non-hydrogen) atoms. The third-order valence-corrected chi connectivity index (χ3v) is 2.47. The molecule has 1 N–H and O–H groups in total. The topological polar surface area (TPSA) is 54.4 Å². The molecule has 0 radical (unpaired) electrons. The second-order valence-corrected chi connectivity index (χ2v) is 4.65. The van der Waals surface area contributed by atoms with Gasteiger partial charge < -0.3 is 5.11 Å². The Morgan fingerprint density at radius 1 is 1.13 bits per heavy atom. The number of aliphatic hydroxyl groups excluding tert-OH is 1. The van der Waals surface area contributed by atoms with E-state index in [-0.39, 0.29) is 35.9 Å². The molecular formula is C12H22O3. The summed E-state index contributed by atoms with van der Waals surface area (Å²) in [7, 11) is 0. The van der Waals surface area contributed by atoms with Gasteiger partial charge in [-0.15, -0.1) is 0 Å². The van der Waals surface area contributed by atoms with Crippen LogP contribution in [0.5, 0.6) is 0 Å². The zero-order valence-corrected chi connectivity index (χ0v) is 10.1. The molecule has 0 aromatic carbocycles. The van der Waals surface area contributed by atoms with Gasteiger partial charge in [-0.3, -0.25) is 9.59 Å². The third kappa shape index (κ3) is 5.67. The van der Waals surface area contributed by atoms with E-state index in [4.69, 9.17) is 0 Å². The molecule has 0 rings (SSSR count). The first-order chi connectivity index (χ1) is 6.86. The lowest BCUT2D eigenvalue weighted by atomic mass is 9.97. The minimum atomic E-state index is -0.369. The summed E-state index contributed by atoms with van der Waals surface area (Å²) in [5.74, 6) is -0.608. The van der Waals surface area contributed by atoms with E-state index in [1.807, 2.05) is 13.8 Å². The van der Waals surface area contributed by atoms with Gasteiger partial charge in [0.25, 0.3) is 0 Å². The number of carbonyl (C=O) groups excluding carboxylic acids is 2. The lowest BCUT2D eigenvalue weighted by Crippen LogP contribution is -2.20. The summed E-state index contributed by atoms with van der Waals surface area (Å²) in [6.07, 6.45) is 1.08. The minimum absolute atomic E-state index is 0.209. The molecule has 0 amide bonds. The summed E-state index contributed by atoms with van der Waals surface area (Å²) in [5, 5.41) is 9.49. The molecule has 3 heteroatoms. The van der Waals surface area contributed by atoms with Crippen LogP contribution in [0.2, 0.25) is 0 Å². The zero-order valence-electron chi connectivity index (χ0n) is 10.1. The molecule has 1 atom stereocenters. The zero-order chi connectivity index (χ0) is 12.0. The lowest BCUT2D eigenvalue weighted by molar-refractivity contribution is -0.138. The molecule has 0 fully saturated rings. The fourth-order valence-electron chi connectivity index (χ4n) is 1.25. The highest BCUT2D eigenvalue weighted by molar-refractivity contribution is 6.37. The normalized spacial score (nSPS) is 13.3. The quantitative estimate of drug-likeness (QED) is 0.659. The van der Waals surface area contributed by atoms with Crippen LogP contribution in [0.25, 0.3) is 0 Å². The Kier molecular flexibility index (Phi) is 6.41. The van der Waals surface area contributed by atoms with Crippen molar-refractivity contribution in [2.75, 3.05) is 0 Å². The van der Waals surface area contributed by atoms with Crippen molar-refractivity contribution in [1.82, 2.24) is 0 Å². The predicted molar refractivity (Wildman–Crippen MR) is 59.5 cm³/mol. The minimum Gasteiger partial charge on any atom is -0.393 e. The van der Waals surface area contributed by atoms with Crippen molar-refractivity contribution in [1.29, 1.82) is 0 Å². The van der Waals surface area contributed by atoms with Crippen molar-refractivity contribution in [3.05, 3.63) is 0 Å². The molecule has 0 bridgehead atoms. The molecule has 1 unspecified atom stereocenters. The number of hydrogen-bond donors (Lipinski definition) is 1. The maximum atomic E-state index is 11.3. The monoisotopic (exact) mass is 214 g/mol. The van der Waals surface area contributed by atoms with Crippen molar-refractivity contribution in [2.24, 2.45) is 11.8 Å². The van der Waals surface area contributed by atoms with Gasteiger partial charge >= 0.3 is 0 Å². The summed E-state index contributed by atoms with van der Waals surface area (Å²) in [5.41, 5.74) is 0. The molecule has 0 aromatic rings. The smallest absolute Gasteiger partial charge is 0.200 e. The van der Waals surface area contributed by atoms with Crippen LogP contribution in [0.15, 0.2) is 0 Å². The Morgan fingerprint density at radius 2 is 1.67 bits per heavy atom. The molecule has 0 aliphatic carbocycles. The summed E-state index contributed by atoms with van der Waals surface area (Å²) in [6, 6.07) is 0. The maximum Gasteiger partial charge on any atom is 0.200 e. The molecule has 0 aromatic heterocycles. The number of carbonyl (C=O) groups is 2. The van der Waals surface area contributed by atoms with E-state index in [0.717, 1.165) is 0 Å². The van der Waals surface area contributed by atoms with E-state index in [1.165, 1.54) is 0 Å². The van der Waals surface area contributed by atoms with Crippen molar-refractivity contribution in [2.45, 2.75) is 53.1 Å². The highest BCUT2D eigenvalue weighted by atomic mass is 16.3. The number of aliphatic hydroxyl groups is 1. The molecule has 0 saturated carbocycles. The van der Waals surface area contributed by atoms with Crippen LogP contribution in [0.1, 0.15) is 47.0 Å². The first-order valence-electron chi connectivity index (χ1n) is 5.61. The standard InChI is InChI=1S/C12H22O3/c1-8(2)10(13)6-5-7-11(14)12(15)9(3)4/h8-10,13H,5-7H2,1-4H3. The molecule has 0 aliphatic heterocycles. The third-order valence-electron chi connectivity index (χ3n) is 2.47. The Morgan fingerprint density at radius 3 is 2.07 bits per heavy atom. The van der Waals surface area contributed by atoms with E-state index in [0.29, 0.717) is 12.8 Å². The van der Waals surface area contributed by atoms with E-state index in [1.54, 1.807) is 13.8 Å². The van der Waals surface area contributed by atoms with Gasteiger partial charge in [0.05, 0.1) is 6.10 Å². The first-order valence-corrected chi connectivity index (χ1v) is 5.61. The fraction of sp³-hybridized carbons (Fsp3) is 0.833. The molecule has 88 valence electrons. The van der Waals surface area contributed by atoms with Gasteiger partial charge in [-0.05, 0) is 18.8 Å². The van der Waals surface area contributed by atoms with E-state index < -0.39 is 0 Å². The van der Waals surface area contributed by atoms with Gasteiger partial charge in [0.1, 0.15) is 0 Å². The van der Waals surface area contributed by atoms with Gasteiger partial charge in [-0.1, -0.05) is 27.7 Å². The second-order valence-electron chi connectivity index (χ2n) is 4.65. The van der Waals surface area contributed by atoms with E-state index in [2.05, 4.69) is 0 Å². The van der Waals surface area contributed by atoms with Crippen LogP contribution in [0, 0.1) is 11.8 Å². The second kappa shape index (κ2) is 6.72. The number of rotatable bonds is 7. The SMILES string of the molecule is CC(C)C(=O)C(=O)CCCC(O)C(C)C. The van der Waals surface area contributed by atoms with Gasteiger partial charge in [0.2, 0.25) is 5.78 Å². The van der Waals surface area contributed by atoms with Crippen LogP contribution in [0.4, 0.5) is 0 Å². The van der Waals surface area contributed by atoms with Crippen molar-refractivity contribution in [3.63, 3.8) is 0 Å². The molecule has 0 heterocycles. The fourth-order valence-corrected chi connectivity index (χ4v) is 1.25. The Bertz CT molecular complexity index is 219. The average Bonchev–Trinajstić information content (AvgIpc) is 2.15. The summed E-state index contributed by atoms with van der Waals surface area (Å²) in [4.78, 5) is 22.5. The van der Waals surface area contributed by atoms with Gasteiger partial charge in [-0.25, -0.2) is 0 Å². The Balaban J connectivity index is 3.78. The Hall–Kier alpha value is -0.700. The maximum absolute atomic E-state index is 11.3. The van der Waals surface area contributed by atoms with Crippen molar-refractivity contribution < 1.29 is 14.7 Å². The summed E-state index contributed by atoms with van der Waals surface area (Å²) < 4.78 is 0. The van der Waals surface area contributed by atoms with Gasteiger partial charge in [0, 0.05) is 12.3 Å². The van der Waals surface area contributed by atoms with Crippen LogP contribution >= 0.6 is 0 Å². The highest BCUT2D eigenvalue weighted by Crippen LogP contribution is 2.10. The summed E-state index contributed by atoms with van der Waals surface area (Å²) in [6.45, 7) is 7.32. The Labute approximate surface area is 91.9 Å². The average molecular weight is 214 g/mol. The molecule has 0 spiro atoms. The molecule has 0 aliphatic rings. The lowest BCUT2D eigenvalue weighted by Gasteiger charge is -2.13. The van der Waals surface area contributed by atoms with E-state index in [9.17, 15) is 14.7 Å². The van der Waals surface area contributed by atoms with Gasteiger partial charge in [0.15, 0.2) is 5.78 Å². The van der Waals surface area contributed by atoms with Crippen LogP contribution in [-0.2, 0) is 9.59 Å². The molecular weight excluding hydrogens is 192 g/mol. The highest BCUT2D eigenvalue weighted by Gasteiger charge is 2.17. The molecule has 0 saturated heterocycles. The number of ketones is 2. The van der Waals surface area contributed by atoms with Crippen LogP contribution in [0.3, 0.4) is 0 Å². The van der Waals surface area contributed by atoms with Crippen LogP contribution < -0.4 is 0 Å². The van der Waals surface area contributed by atoms with Crippen molar-refractivity contribution in [3.8, 4) is 0 Å². The van der Waals surface area contributed by atoms with Crippen molar-refractivity contribution >= 4 is 11.6 Å². The predicted octanol–water partition coefficient (Wildman–Crippen LogP) is 1.97. The number of hydrogen-bond acceptors (Lipinski definition) is 3. The van der Waals surface area contributed by atoms with E-state index >= 15 is 0 Å². The molecule has 3 nitrogen and oxygen atoms in total. The first kappa shape index (κ1) is 14.3. The summed E-state index contributed by atoms with van der Waals surface area (Å²) >= 11 is 0. The van der Waals surface area contributed by atoms with Gasteiger partial charge in [-0.2, -0.15) is 0 Å². The number of Topliss-reactive ketones (excluding diaryl/α,β-unsaturated/α-hetero) is 2. The van der Waals surface area contributed by atoms with Crippen LogP contribution in [-0.4, -0.2) is 22.8 Å².